The molecule has 6 atom stereocenters. The number of rotatable bonds is 18. The summed E-state index contributed by atoms with van der Waals surface area (Å²) in [4.78, 5) is 47.9. The van der Waals surface area contributed by atoms with E-state index in [0.29, 0.717) is 18.1 Å². The van der Waals surface area contributed by atoms with Gasteiger partial charge >= 0.3 is 6.03 Å². The maximum atomic E-state index is 12.4. The van der Waals surface area contributed by atoms with Crippen LogP contribution in [-0.4, -0.2) is 75.8 Å². The van der Waals surface area contributed by atoms with E-state index in [0.717, 1.165) is 76.5 Å². The Morgan fingerprint density at radius 1 is 0.974 bits per heavy atom. The number of hydrogen-bond donors (Lipinski definition) is 5. The lowest BCUT2D eigenvalue weighted by Crippen LogP contribution is -2.45. The van der Waals surface area contributed by atoms with E-state index >= 15 is 0 Å². The number of urea groups is 1. The highest BCUT2D eigenvalue weighted by Gasteiger charge is 2.78. The number of ketones is 1. The van der Waals surface area contributed by atoms with Gasteiger partial charge in [0.25, 0.3) is 5.91 Å². The molecule has 0 aromatic rings. The predicted molar refractivity (Wildman–Crippen MR) is 145 cm³/mol. The number of nitrogens with one attached hydrogen (secondary N) is 4. The third-order valence-electron chi connectivity index (χ3n) is 8.23. The summed E-state index contributed by atoms with van der Waals surface area (Å²) < 4.78 is 5.30. The van der Waals surface area contributed by atoms with Crippen LogP contribution in [0.2, 0.25) is 0 Å². The molecule has 4 amide bonds. The molecule has 0 aromatic carbocycles. The summed E-state index contributed by atoms with van der Waals surface area (Å²) in [5.41, 5.74) is -2.89. The molecule has 0 radical (unpaired) electrons. The van der Waals surface area contributed by atoms with E-state index in [1.165, 1.54) is 19.8 Å². The van der Waals surface area contributed by atoms with Crippen molar-refractivity contribution in [3.63, 3.8) is 0 Å². The molecule has 0 aromatic heterocycles. The highest BCUT2D eigenvalue weighted by Crippen LogP contribution is 2.49. The molecule has 4 heterocycles. The van der Waals surface area contributed by atoms with Crippen LogP contribution in [0.1, 0.15) is 96.8 Å². The summed E-state index contributed by atoms with van der Waals surface area (Å²) in [6.07, 6.45) is 12.6. The van der Waals surface area contributed by atoms with Crippen LogP contribution >= 0.6 is 11.8 Å². The van der Waals surface area contributed by atoms with Gasteiger partial charge in [0.2, 0.25) is 11.5 Å². The number of unbranched alkanes of at least 4 members (excludes halogenated alkanes) is 9. The molecule has 4 saturated heterocycles. The van der Waals surface area contributed by atoms with Gasteiger partial charge in [-0.15, -0.1) is 0 Å². The lowest BCUT2D eigenvalue weighted by molar-refractivity contribution is -0.138. The predicted octanol–water partition coefficient (Wildman–Crippen LogP) is 2.27. The van der Waals surface area contributed by atoms with E-state index in [1.54, 1.807) is 0 Å². The van der Waals surface area contributed by atoms with Crippen LogP contribution in [0.25, 0.3) is 0 Å². The Hall–Kier alpha value is -1.85. The number of fused-ring (bicyclic) bond motifs is 2. The highest BCUT2D eigenvalue weighted by atomic mass is 32.2. The SMILES string of the molecule is CC1(O)NC(=O)[C@]2(C(=O)CCCCCCCCCCCNC(=O)CCCCC3SCC4NC(=O)NC43)O[C@@H]12. The zero-order chi connectivity index (χ0) is 27.2. The standard InChI is InChI=1S/C27H44N4O6S/c1-26(36)23-27(37-23,24(34)31-26)20(32)14-9-7-5-3-2-4-6-8-12-16-28-21(33)15-11-10-13-19-22-18(17-38-19)29-25(35)30-22/h18-19,22-23,36H,2-17H2,1H3,(H,28,33)(H,31,34)(H2,29,30,35)/t18?,19?,22?,23-,26?,27+/m0/s1. The number of carbonyl (C=O) groups is 4. The van der Waals surface area contributed by atoms with Crippen molar-refractivity contribution < 1.29 is 29.0 Å². The fourth-order valence-corrected chi connectivity index (χ4v) is 7.53. The van der Waals surface area contributed by atoms with Crippen molar-refractivity contribution in [2.75, 3.05) is 12.3 Å². The van der Waals surface area contributed by atoms with E-state index in [9.17, 15) is 24.3 Å². The number of amides is 4. The highest BCUT2D eigenvalue weighted by molar-refractivity contribution is 8.00. The lowest BCUT2D eigenvalue weighted by Gasteiger charge is -2.16. The van der Waals surface area contributed by atoms with E-state index in [2.05, 4.69) is 21.3 Å². The molecule has 4 unspecified atom stereocenters. The van der Waals surface area contributed by atoms with Crippen LogP contribution in [-0.2, 0) is 19.1 Å². The second-order valence-corrected chi connectivity index (χ2v) is 12.7. The summed E-state index contributed by atoms with van der Waals surface area (Å²) in [6.45, 7) is 2.20. The Morgan fingerprint density at radius 2 is 1.63 bits per heavy atom. The second kappa shape index (κ2) is 13.0. The van der Waals surface area contributed by atoms with Crippen molar-refractivity contribution in [1.82, 2.24) is 21.3 Å². The topological polar surface area (TPSA) is 149 Å². The first-order valence-corrected chi connectivity index (χ1v) is 15.5. The van der Waals surface area contributed by atoms with E-state index in [4.69, 9.17) is 4.74 Å². The van der Waals surface area contributed by atoms with Crippen LogP contribution in [0, 0.1) is 0 Å². The monoisotopic (exact) mass is 552 g/mol. The minimum atomic E-state index is -1.45. The molecule has 4 aliphatic rings. The van der Waals surface area contributed by atoms with Crippen molar-refractivity contribution in [2.24, 2.45) is 0 Å². The molecule has 4 aliphatic heterocycles. The van der Waals surface area contributed by atoms with Gasteiger partial charge in [-0.1, -0.05) is 51.4 Å². The molecule has 11 heteroatoms. The molecule has 0 aliphatic carbocycles. The minimum absolute atomic E-state index is 0.0489. The van der Waals surface area contributed by atoms with Crippen LogP contribution in [0.15, 0.2) is 0 Å². The second-order valence-electron chi connectivity index (χ2n) is 11.4. The Labute approximate surface area is 229 Å². The first-order valence-electron chi connectivity index (χ1n) is 14.5. The minimum Gasteiger partial charge on any atom is -0.368 e. The van der Waals surface area contributed by atoms with Gasteiger partial charge in [0.15, 0.2) is 17.6 Å². The van der Waals surface area contributed by atoms with Gasteiger partial charge in [-0.2, -0.15) is 11.8 Å². The first kappa shape index (κ1) is 29.1. The quantitative estimate of drug-likeness (QED) is 0.0758. The maximum absolute atomic E-state index is 12.4. The molecule has 5 N–H and O–H groups in total. The summed E-state index contributed by atoms with van der Waals surface area (Å²) >= 11 is 1.92. The number of ether oxygens (including phenoxy) is 1. The Bertz CT molecular complexity index is 886. The number of morpholine rings is 1. The zero-order valence-electron chi connectivity index (χ0n) is 22.5. The van der Waals surface area contributed by atoms with Gasteiger partial charge in [0, 0.05) is 30.4 Å². The number of Topliss-reactive ketones (excluding diaryl/α,β-unsaturated/α-hetero) is 1. The maximum Gasteiger partial charge on any atom is 0.315 e. The third kappa shape index (κ3) is 7.01. The molecule has 0 bridgehead atoms. The molecule has 214 valence electrons. The van der Waals surface area contributed by atoms with Crippen LogP contribution < -0.4 is 21.3 Å². The Kier molecular flexibility index (Phi) is 9.97. The number of aliphatic hydroxyl groups is 1. The van der Waals surface area contributed by atoms with Crippen molar-refractivity contribution >= 4 is 35.4 Å². The number of thioether (sulfide) groups is 1. The molecule has 0 saturated carbocycles. The van der Waals surface area contributed by atoms with Crippen molar-refractivity contribution in [2.45, 2.75) is 132 Å². The van der Waals surface area contributed by atoms with Crippen molar-refractivity contribution in [3.8, 4) is 0 Å². The normalized spacial score (nSPS) is 32.8. The van der Waals surface area contributed by atoms with Gasteiger partial charge in [-0.3, -0.25) is 14.4 Å². The van der Waals surface area contributed by atoms with Crippen molar-refractivity contribution in [1.29, 1.82) is 0 Å². The van der Waals surface area contributed by atoms with Gasteiger partial charge in [0.1, 0.15) is 0 Å². The summed E-state index contributed by atoms with van der Waals surface area (Å²) in [5.74, 6) is 0.384. The number of epoxide rings is 1. The molecule has 10 nitrogen and oxygen atoms in total. The van der Waals surface area contributed by atoms with Gasteiger partial charge in [-0.25, -0.2) is 4.79 Å². The molecular weight excluding hydrogens is 508 g/mol. The summed E-state index contributed by atoms with van der Waals surface area (Å²) in [6, 6.07) is 0.455. The van der Waals surface area contributed by atoms with Crippen molar-refractivity contribution in [3.05, 3.63) is 0 Å². The van der Waals surface area contributed by atoms with Gasteiger partial charge in [-0.05, 0) is 32.6 Å². The van der Waals surface area contributed by atoms with E-state index < -0.39 is 23.3 Å². The van der Waals surface area contributed by atoms with Crippen LogP contribution in [0.4, 0.5) is 4.79 Å². The first-order chi connectivity index (χ1) is 18.2. The smallest absolute Gasteiger partial charge is 0.315 e. The van der Waals surface area contributed by atoms with Crippen LogP contribution in [0.5, 0.6) is 0 Å². The zero-order valence-corrected chi connectivity index (χ0v) is 23.3. The number of hydrogen-bond acceptors (Lipinski definition) is 7. The average Bonchev–Trinajstić information content (AvgIpc) is 3.34. The van der Waals surface area contributed by atoms with Gasteiger partial charge in [0.05, 0.1) is 12.1 Å². The average molecular weight is 553 g/mol. The fourth-order valence-electron chi connectivity index (χ4n) is 5.99. The summed E-state index contributed by atoms with van der Waals surface area (Å²) in [7, 11) is 0. The van der Waals surface area contributed by atoms with Gasteiger partial charge < -0.3 is 31.1 Å². The molecule has 0 spiro atoms. The molecule has 4 rings (SSSR count). The van der Waals surface area contributed by atoms with E-state index in [-0.39, 0.29) is 29.8 Å². The fraction of sp³-hybridized carbons (Fsp3) is 0.852. The largest absolute Gasteiger partial charge is 0.368 e. The van der Waals surface area contributed by atoms with Crippen LogP contribution in [0.3, 0.4) is 0 Å². The molecular formula is C27H44N4O6S. The van der Waals surface area contributed by atoms with E-state index in [1.807, 2.05) is 11.8 Å². The Balaban J connectivity index is 0.897. The Morgan fingerprint density at radius 3 is 2.29 bits per heavy atom. The summed E-state index contributed by atoms with van der Waals surface area (Å²) in [5, 5.41) is 21.9. The molecule has 4 fully saturated rings. The number of carbonyl (C=O) groups excluding carboxylic acids is 4. The lowest BCUT2D eigenvalue weighted by atomic mass is 9.94. The third-order valence-corrected chi connectivity index (χ3v) is 9.74. The molecule has 38 heavy (non-hydrogen) atoms.